The molecule has 8 heteroatoms. The van der Waals surface area contributed by atoms with Gasteiger partial charge in [-0.05, 0) is 18.2 Å². The summed E-state index contributed by atoms with van der Waals surface area (Å²) in [5, 5.41) is 0. The number of halogens is 4. The highest BCUT2D eigenvalue weighted by molar-refractivity contribution is 5.38. The van der Waals surface area contributed by atoms with E-state index in [1.807, 2.05) is 17.7 Å². The van der Waals surface area contributed by atoms with Crippen LogP contribution in [0.15, 0.2) is 43.1 Å². The van der Waals surface area contributed by atoms with Gasteiger partial charge in [-0.3, -0.25) is 0 Å². The molecule has 0 atom stereocenters. The Balaban J connectivity index is 1.89. The van der Waals surface area contributed by atoms with Gasteiger partial charge < -0.3 is 9.13 Å². The molecule has 0 spiro atoms. The van der Waals surface area contributed by atoms with Crippen LogP contribution in [-0.2, 0) is 19.1 Å². The third-order valence-corrected chi connectivity index (χ3v) is 3.59. The predicted molar refractivity (Wildman–Crippen MR) is 79.2 cm³/mol. The number of hydrogen-bond acceptors (Lipinski definition) is 2. The number of aromatic nitrogens is 4. The van der Waals surface area contributed by atoms with Gasteiger partial charge in [-0.25, -0.2) is 14.4 Å². The summed E-state index contributed by atoms with van der Waals surface area (Å²) in [6, 6.07) is 2.40. The van der Waals surface area contributed by atoms with Crippen molar-refractivity contribution in [3.63, 3.8) is 0 Å². The Kier molecular flexibility index (Phi) is 4.13. The Morgan fingerprint density at radius 3 is 2.62 bits per heavy atom. The van der Waals surface area contributed by atoms with Gasteiger partial charge in [0.1, 0.15) is 11.6 Å². The minimum absolute atomic E-state index is 0.0717. The van der Waals surface area contributed by atoms with E-state index in [-0.39, 0.29) is 5.69 Å². The number of benzene rings is 1. The minimum Gasteiger partial charge on any atom is -0.329 e. The molecule has 0 amide bonds. The fraction of sp³-hybridized carbons (Fsp3) is 0.250. The molecule has 1 aromatic carbocycles. The van der Waals surface area contributed by atoms with Gasteiger partial charge in [0.2, 0.25) is 0 Å². The van der Waals surface area contributed by atoms with Crippen LogP contribution in [0, 0.1) is 5.82 Å². The summed E-state index contributed by atoms with van der Waals surface area (Å²) >= 11 is 0. The molecule has 0 saturated carbocycles. The Morgan fingerprint density at radius 1 is 1.12 bits per heavy atom. The zero-order chi connectivity index (χ0) is 17.3. The highest BCUT2D eigenvalue weighted by Gasteiger charge is 2.31. The van der Waals surface area contributed by atoms with E-state index in [4.69, 9.17) is 0 Å². The Labute approximate surface area is 135 Å². The summed E-state index contributed by atoms with van der Waals surface area (Å²) in [4.78, 5) is 8.37. The largest absolute Gasteiger partial charge is 0.416 e. The molecule has 0 N–H and O–H groups in total. The van der Waals surface area contributed by atoms with Crippen molar-refractivity contribution in [2.75, 3.05) is 0 Å². The van der Waals surface area contributed by atoms with Crippen molar-refractivity contribution < 1.29 is 17.6 Å². The van der Waals surface area contributed by atoms with E-state index in [1.54, 1.807) is 12.4 Å². The second kappa shape index (κ2) is 6.10. The first-order chi connectivity index (χ1) is 11.4. The van der Waals surface area contributed by atoms with Crippen molar-refractivity contribution >= 4 is 0 Å². The van der Waals surface area contributed by atoms with Gasteiger partial charge in [-0.15, -0.1) is 0 Å². The average molecular weight is 338 g/mol. The zero-order valence-electron chi connectivity index (χ0n) is 12.8. The third kappa shape index (κ3) is 3.32. The molecule has 4 nitrogen and oxygen atoms in total. The fourth-order valence-corrected chi connectivity index (χ4v) is 2.45. The summed E-state index contributed by atoms with van der Waals surface area (Å²) < 4.78 is 55.2. The maximum atomic E-state index is 13.5. The van der Waals surface area contributed by atoms with Gasteiger partial charge >= 0.3 is 6.18 Å². The van der Waals surface area contributed by atoms with Crippen molar-refractivity contribution in [3.05, 3.63) is 66.0 Å². The lowest BCUT2D eigenvalue weighted by atomic mass is 10.2. The molecule has 0 fully saturated rings. The predicted octanol–water partition coefficient (Wildman–Crippen LogP) is 3.84. The van der Waals surface area contributed by atoms with Crippen LogP contribution in [0.1, 0.15) is 24.0 Å². The summed E-state index contributed by atoms with van der Waals surface area (Å²) in [7, 11) is 0. The van der Waals surface area contributed by atoms with Gasteiger partial charge in [0.05, 0.1) is 24.1 Å². The quantitative estimate of drug-likeness (QED) is 0.678. The van der Waals surface area contributed by atoms with Gasteiger partial charge in [0.15, 0.2) is 0 Å². The van der Waals surface area contributed by atoms with Gasteiger partial charge in [0.25, 0.3) is 0 Å². The normalized spacial score (nSPS) is 11.9. The SMILES string of the molecule is CCc1nccn1Cc1cn(-c2cc(F)cc(C(F)(F)F)c2)cn1. The van der Waals surface area contributed by atoms with Crippen LogP contribution in [0.3, 0.4) is 0 Å². The highest BCUT2D eigenvalue weighted by atomic mass is 19.4. The molecule has 2 heterocycles. The second-order valence-electron chi connectivity index (χ2n) is 5.29. The Morgan fingerprint density at radius 2 is 1.92 bits per heavy atom. The smallest absolute Gasteiger partial charge is 0.329 e. The van der Waals surface area contributed by atoms with E-state index in [0.717, 1.165) is 24.4 Å². The molecular formula is C16H14F4N4. The highest BCUT2D eigenvalue weighted by Crippen LogP contribution is 2.31. The third-order valence-electron chi connectivity index (χ3n) is 3.59. The molecule has 24 heavy (non-hydrogen) atoms. The first kappa shape index (κ1) is 16.2. The van der Waals surface area contributed by atoms with Gasteiger partial charge in [0, 0.05) is 30.7 Å². The molecule has 3 aromatic rings. The van der Waals surface area contributed by atoms with Crippen molar-refractivity contribution in [2.45, 2.75) is 26.1 Å². The molecular weight excluding hydrogens is 324 g/mol. The lowest BCUT2D eigenvalue weighted by Crippen LogP contribution is -2.07. The van der Waals surface area contributed by atoms with Crippen LogP contribution in [0.2, 0.25) is 0 Å². The van der Waals surface area contributed by atoms with E-state index in [0.29, 0.717) is 18.3 Å². The lowest BCUT2D eigenvalue weighted by Gasteiger charge is -2.09. The standard InChI is InChI=1S/C16H14F4N4/c1-2-15-21-3-4-23(15)8-13-9-24(10-22-13)14-6-11(16(18,19)20)5-12(17)7-14/h3-7,9-10H,2,8H2,1H3. The zero-order valence-corrected chi connectivity index (χ0v) is 12.8. The monoisotopic (exact) mass is 338 g/mol. The van der Waals surface area contributed by atoms with Crippen molar-refractivity contribution in [2.24, 2.45) is 0 Å². The van der Waals surface area contributed by atoms with Crippen LogP contribution >= 0.6 is 0 Å². The molecule has 2 aromatic heterocycles. The number of rotatable bonds is 4. The summed E-state index contributed by atoms with van der Waals surface area (Å²) in [6.07, 6.45) is 2.58. The van der Waals surface area contributed by atoms with E-state index >= 15 is 0 Å². The molecule has 0 bridgehead atoms. The lowest BCUT2D eigenvalue weighted by molar-refractivity contribution is -0.137. The van der Waals surface area contributed by atoms with E-state index < -0.39 is 17.6 Å². The van der Waals surface area contributed by atoms with Crippen LogP contribution in [0.5, 0.6) is 0 Å². The average Bonchev–Trinajstić information content (AvgIpc) is 3.15. The molecule has 0 aliphatic heterocycles. The summed E-state index contributed by atoms with van der Waals surface area (Å²) in [6.45, 7) is 2.42. The van der Waals surface area contributed by atoms with Crippen LogP contribution in [-0.4, -0.2) is 19.1 Å². The van der Waals surface area contributed by atoms with E-state index in [9.17, 15) is 17.6 Å². The summed E-state index contributed by atoms with van der Waals surface area (Å²) in [5.41, 5.74) is -0.321. The molecule has 0 saturated heterocycles. The van der Waals surface area contributed by atoms with Gasteiger partial charge in [-0.2, -0.15) is 13.2 Å². The molecule has 0 aliphatic carbocycles. The summed E-state index contributed by atoms with van der Waals surface area (Å²) in [5.74, 6) is -0.0624. The molecule has 0 unspecified atom stereocenters. The first-order valence-electron chi connectivity index (χ1n) is 7.28. The Bertz CT molecular complexity index is 848. The molecule has 126 valence electrons. The Hall–Kier alpha value is -2.64. The second-order valence-corrected chi connectivity index (χ2v) is 5.29. The van der Waals surface area contributed by atoms with E-state index in [2.05, 4.69) is 9.97 Å². The van der Waals surface area contributed by atoms with E-state index in [1.165, 1.54) is 10.9 Å². The van der Waals surface area contributed by atoms with Crippen LogP contribution in [0.25, 0.3) is 5.69 Å². The molecule has 0 radical (unpaired) electrons. The first-order valence-corrected chi connectivity index (χ1v) is 7.28. The maximum absolute atomic E-state index is 13.5. The van der Waals surface area contributed by atoms with Crippen molar-refractivity contribution in [1.82, 2.24) is 19.1 Å². The minimum atomic E-state index is -4.60. The van der Waals surface area contributed by atoms with Crippen LogP contribution < -0.4 is 0 Å². The van der Waals surface area contributed by atoms with Crippen molar-refractivity contribution in [1.29, 1.82) is 0 Å². The number of hydrogen-bond donors (Lipinski definition) is 0. The number of imidazole rings is 2. The topological polar surface area (TPSA) is 35.6 Å². The number of alkyl halides is 3. The molecule has 0 aliphatic rings. The van der Waals surface area contributed by atoms with Gasteiger partial charge in [-0.1, -0.05) is 6.92 Å². The number of aryl methyl sites for hydroxylation is 1. The number of nitrogens with zero attached hydrogens (tertiary/aromatic N) is 4. The molecule has 3 rings (SSSR count). The van der Waals surface area contributed by atoms with Crippen molar-refractivity contribution in [3.8, 4) is 5.69 Å². The maximum Gasteiger partial charge on any atom is 0.416 e. The van der Waals surface area contributed by atoms with Crippen LogP contribution in [0.4, 0.5) is 17.6 Å². The fourth-order valence-electron chi connectivity index (χ4n) is 2.45.